The first kappa shape index (κ1) is 19.6. The van der Waals surface area contributed by atoms with Crippen LogP contribution in [-0.4, -0.2) is 63.6 Å². The molecule has 0 saturated carbocycles. The maximum absolute atomic E-state index is 12.8. The fourth-order valence-electron chi connectivity index (χ4n) is 5.05. The molecule has 4 heterocycles. The highest BCUT2D eigenvalue weighted by molar-refractivity contribution is 7.99. The van der Waals surface area contributed by atoms with Gasteiger partial charge in [-0.15, -0.1) is 23.1 Å². The molecule has 1 aliphatic carbocycles. The van der Waals surface area contributed by atoms with E-state index in [9.17, 15) is 9.59 Å². The molecule has 0 bridgehead atoms. The van der Waals surface area contributed by atoms with Crippen molar-refractivity contribution >= 4 is 39.2 Å². The summed E-state index contributed by atoms with van der Waals surface area (Å²) in [5.74, 6) is 1.95. The van der Waals surface area contributed by atoms with Crippen molar-refractivity contribution in [2.24, 2.45) is 0 Å². The molecule has 1 amide bonds. The molecule has 6 nitrogen and oxygen atoms in total. The molecular weight excluding hydrogens is 404 g/mol. The van der Waals surface area contributed by atoms with Crippen LogP contribution in [0.2, 0.25) is 0 Å². The minimum absolute atomic E-state index is 0.0125. The van der Waals surface area contributed by atoms with E-state index in [4.69, 9.17) is 0 Å². The van der Waals surface area contributed by atoms with Gasteiger partial charge in [-0.3, -0.25) is 9.59 Å². The number of likely N-dealkylation sites (tertiary alicyclic amines) is 2. The van der Waals surface area contributed by atoms with Crippen molar-refractivity contribution in [3.05, 3.63) is 26.6 Å². The normalized spacial score (nSPS) is 22.1. The Balaban J connectivity index is 1.18. The fraction of sp³-hybridized carbons (Fsp3) is 0.667. The van der Waals surface area contributed by atoms with Crippen molar-refractivity contribution < 1.29 is 4.79 Å². The van der Waals surface area contributed by atoms with Crippen LogP contribution in [0.1, 0.15) is 48.4 Å². The maximum Gasteiger partial charge on any atom is 0.259 e. The molecular formula is C21H28N4O2S2. The van der Waals surface area contributed by atoms with Crippen molar-refractivity contribution in [3.8, 4) is 0 Å². The minimum Gasteiger partial charge on any atom is -0.338 e. The summed E-state index contributed by atoms with van der Waals surface area (Å²) in [4.78, 5) is 39.8. The SMILES string of the molecule is O=C(CSCc1nc2sc3c(c2c(=O)[nH]1)CCC3)N1CCCC1CN1CCCC1. The molecule has 3 aliphatic rings. The molecule has 2 aromatic rings. The molecule has 156 valence electrons. The van der Waals surface area contributed by atoms with Gasteiger partial charge in [0.25, 0.3) is 5.56 Å². The van der Waals surface area contributed by atoms with Gasteiger partial charge in [0, 0.05) is 24.0 Å². The van der Waals surface area contributed by atoms with Crippen LogP contribution in [0.5, 0.6) is 0 Å². The number of hydrogen-bond donors (Lipinski definition) is 1. The highest BCUT2D eigenvalue weighted by Gasteiger charge is 2.30. The van der Waals surface area contributed by atoms with E-state index >= 15 is 0 Å². The quantitative estimate of drug-likeness (QED) is 0.760. The van der Waals surface area contributed by atoms with E-state index in [-0.39, 0.29) is 11.5 Å². The Hall–Kier alpha value is -1.38. The zero-order valence-electron chi connectivity index (χ0n) is 16.7. The van der Waals surface area contributed by atoms with Gasteiger partial charge < -0.3 is 14.8 Å². The van der Waals surface area contributed by atoms with Gasteiger partial charge in [0.05, 0.1) is 16.9 Å². The van der Waals surface area contributed by atoms with Crippen LogP contribution >= 0.6 is 23.1 Å². The molecule has 8 heteroatoms. The summed E-state index contributed by atoms with van der Waals surface area (Å²) in [6, 6.07) is 0.379. The lowest BCUT2D eigenvalue weighted by Crippen LogP contribution is -2.43. The number of nitrogens with zero attached hydrogens (tertiary/aromatic N) is 3. The number of carbonyl (C=O) groups excluding carboxylic acids is 1. The summed E-state index contributed by atoms with van der Waals surface area (Å²) < 4.78 is 0. The molecule has 2 aliphatic heterocycles. The predicted octanol–water partition coefficient (Wildman–Crippen LogP) is 2.79. The van der Waals surface area contributed by atoms with Gasteiger partial charge in [-0.1, -0.05) is 0 Å². The van der Waals surface area contributed by atoms with Crippen LogP contribution in [0.3, 0.4) is 0 Å². The summed E-state index contributed by atoms with van der Waals surface area (Å²) in [7, 11) is 0. The number of rotatable bonds is 6. The van der Waals surface area contributed by atoms with Gasteiger partial charge in [-0.05, 0) is 63.6 Å². The molecule has 0 aromatic carbocycles. The zero-order valence-corrected chi connectivity index (χ0v) is 18.4. The Morgan fingerprint density at radius 3 is 2.90 bits per heavy atom. The lowest BCUT2D eigenvalue weighted by Gasteiger charge is -2.28. The lowest BCUT2D eigenvalue weighted by atomic mass is 10.2. The van der Waals surface area contributed by atoms with Gasteiger partial charge in [0.1, 0.15) is 10.7 Å². The summed E-state index contributed by atoms with van der Waals surface area (Å²) in [5.41, 5.74) is 1.20. The summed E-state index contributed by atoms with van der Waals surface area (Å²) in [5, 5.41) is 0.800. The van der Waals surface area contributed by atoms with Gasteiger partial charge >= 0.3 is 0 Å². The van der Waals surface area contributed by atoms with Crippen LogP contribution < -0.4 is 5.56 Å². The Kier molecular flexibility index (Phi) is 5.67. The molecule has 29 heavy (non-hydrogen) atoms. The number of carbonyl (C=O) groups is 1. The zero-order chi connectivity index (χ0) is 19.8. The second kappa shape index (κ2) is 8.40. The lowest BCUT2D eigenvalue weighted by molar-refractivity contribution is -0.129. The van der Waals surface area contributed by atoms with Crippen LogP contribution in [-0.2, 0) is 23.4 Å². The molecule has 5 rings (SSSR count). The molecule has 2 saturated heterocycles. The van der Waals surface area contributed by atoms with Crippen LogP contribution in [0.15, 0.2) is 4.79 Å². The van der Waals surface area contributed by atoms with Crippen molar-refractivity contribution in [2.45, 2.75) is 56.7 Å². The first-order valence-electron chi connectivity index (χ1n) is 10.8. The van der Waals surface area contributed by atoms with E-state index in [0.717, 1.165) is 55.4 Å². The minimum atomic E-state index is -0.0125. The third kappa shape index (κ3) is 3.99. The number of nitrogens with one attached hydrogen (secondary N) is 1. The second-order valence-electron chi connectivity index (χ2n) is 8.43. The fourth-order valence-corrected chi connectivity index (χ4v) is 7.10. The third-order valence-electron chi connectivity index (χ3n) is 6.45. The number of aryl methyl sites for hydroxylation is 2. The topological polar surface area (TPSA) is 69.3 Å². The van der Waals surface area contributed by atoms with Crippen molar-refractivity contribution in [3.63, 3.8) is 0 Å². The average Bonchev–Trinajstić information content (AvgIpc) is 3.46. The van der Waals surface area contributed by atoms with Crippen LogP contribution in [0, 0.1) is 0 Å². The highest BCUT2D eigenvalue weighted by atomic mass is 32.2. The number of hydrogen-bond acceptors (Lipinski definition) is 6. The van der Waals surface area contributed by atoms with Crippen LogP contribution in [0.4, 0.5) is 0 Å². The number of aromatic nitrogens is 2. The van der Waals surface area contributed by atoms with Crippen molar-refractivity contribution in [2.75, 3.05) is 31.9 Å². The number of aromatic amines is 1. The van der Waals surface area contributed by atoms with E-state index in [2.05, 4.69) is 19.8 Å². The molecule has 1 unspecified atom stereocenters. The monoisotopic (exact) mass is 432 g/mol. The molecule has 2 fully saturated rings. The first-order chi connectivity index (χ1) is 14.2. The van der Waals surface area contributed by atoms with Gasteiger partial charge in [0.2, 0.25) is 5.91 Å². The van der Waals surface area contributed by atoms with E-state index in [1.165, 1.54) is 36.4 Å². The van der Waals surface area contributed by atoms with Gasteiger partial charge in [-0.25, -0.2) is 4.98 Å². The first-order valence-corrected chi connectivity index (χ1v) is 12.8. The number of thioether (sulfide) groups is 1. The van der Waals surface area contributed by atoms with E-state index in [1.807, 2.05) is 0 Å². The van der Waals surface area contributed by atoms with Crippen molar-refractivity contribution in [1.29, 1.82) is 0 Å². The Labute approximate surface area is 179 Å². The van der Waals surface area contributed by atoms with Gasteiger partial charge in [-0.2, -0.15) is 0 Å². The summed E-state index contributed by atoms with van der Waals surface area (Å²) in [6.45, 7) is 4.28. The number of fused-ring (bicyclic) bond motifs is 3. The largest absolute Gasteiger partial charge is 0.338 e. The summed E-state index contributed by atoms with van der Waals surface area (Å²) >= 11 is 3.23. The Bertz CT molecular complexity index is 963. The number of thiophene rings is 1. The Morgan fingerprint density at radius 2 is 2.03 bits per heavy atom. The van der Waals surface area contributed by atoms with Crippen LogP contribution in [0.25, 0.3) is 10.2 Å². The molecule has 1 N–H and O–H groups in total. The number of amides is 1. The summed E-state index contributed by atoms with van der Waals surface area (Å²) in [6.07, 6.45) is 8.04. The standard InChI is InChI=1S/C21H28N4O2S2/c26-18(25-10-4-5-14(25)11-24-8-1-2-9-24)13-28-12-17-22-20(27)19-15-6-3-7-16(15)29-21(19)23-17/h14H,1-13H2,(H,22,23,27). The average molecular weight is 433 g/mol. The van der Waals surface area contributed by atoms with E-state index in [1.54, 1.807) is 23.1 Å². The van der Waals surface area contributed by atoms with E-state index in [0.29, 0.717) is 23.4 Å². The van der Waals surface area contributed by atoms with Gasteiger partial charge in [0.15, 0.2) is 0 Å². The van der Waals surface area contributed by atoms with E-state index < -0.39 is 0 Å². The predicted molar refractivity (Wildman–Crippen MR) is 119 cm³/mol. The number of H-pyrrole nitrogens is 1. The molecule has 0 radical (unpaired) electrons. The second-order valence-corrected chi connectivity index (χ2v) is 10.5. The smallest absolute Gasteiger partial charge is 0.259 e. The maximum atomic E-state index is 12.8. The Morgan fingerprint density at radius 1 is 1.17 bits per heavy atom. The third-order valence-corrected chi connectivity index (χ3v) is 8.57. The molecule has 0 spiro atoms. The molecule has 1 atom stereocenters. The molecule has 2 aromatic heterocycles. The van der Waals surface area contributed by atoms with Crippen molar-refractivity contribution in [1.82, 2.24) is 19.8 Å². The highest BCUT2D eigenvalue weighted by Crippen LogP contribution is 2.34.